The number of nitrogens with one attached hydrogen (secondary N) is 1. The quantitative estimate of drug-likeness (QED) is 0.756. The zero-order chi connectivity index (χ0) is 18.4. The molecule has 0 radical (unpaired) electrons. The second-order valence-corrected chi connectivity index (χ2v) is 7.27. The second kappa shape index (κ2) is 6.29. The number of carbonyl (C=O) groups is 1. The fourth-order valence-electron chi connectivity index (χ4n) is 3.52. The first-order valence-corrected chi connectivity index (χ1v) is 9.02. The highest BCUT2D eigenvalue weighted by Crippen LogP contribution is 2.40. The Kier molecular flexibility index (Phi) is 4.07. The van der Waals surface area contributed by atoms with Crippen LogP contribution in [0.2, 0.25) is 5.02 Å². The molecule has 6 nitrogen and oxygen atoms in total. The van der Waals surface area contributed by atoms with E-state index in [0.29, 0.717) is 11.4 Å². The number of halogens is 1. The van der Waals surface area contributed by atoms with Gasteiger partial charge < -0.3 is 5.32 Å². The van der Waals surface area contributed by atoms with Crippen molar-refractivity contribution in [3.63, 3.8) is 0 Å². The number of anilines is 1. The fourth-order valence-corrected chi connectivity index (χ4v) is 3.74. The Hall–Kier alpha value is -2.60. The number of hydrogen-bond acceptors (Lipinski definition) is 3. The van der Waals surface area contributed by atoms with E-state index in [0.717, 1.165) is 28.3 Å². The van der Waals surface area contributed by atoms with Gasteiger partial charge in [-0.05, 0) is 38.5 Å². The molecule has 2 aromatic heterocycles. The van der Waals surface area contributed by atoms with Crippen LogP contribution < -0.4 is 5.32 Å². The molecule has 0 fully saturated rings. The van der Waals surface area contributed by atoms with Crippen molar-refractivity contribution < 1.29 is 4.79 Å². The maximum absolute atomic E-state index is 12.3. The fraction of sp³-hybridized carbons (Fsp3) is 0.316. The van der Waals surface area contributed by atoms with Crippen LogP contribution in [0.3, 0.4) is 0 Å². The van der Waals surface area contributed by atoms with E-state index in [9.17, 15) is 4.79 Å². The molecular weight excluding hydrogens is 350 g/mol. The molecule has 0 aliphatic carbocycles. The van der Waals surface area contributed by atoms with Gasteiger partial charge in [-0.2, -0.15) is 10.2 Å². The highest BCUT2D eigenvalue weighted by Gasteiger charge is 2.33. The molecule has 0 spiro atoms. The van der Waals surface area contributed by atoms with E-state index >= 15 is 0 Å². The average Bonchev–Trinajstić information content (AvgIpc) is 3.20. The predicted molar refractivity (Wildman–Crippen MR) is 101 cm³/mol. The van der Waals surface area contributed by atoms with E-state index in [1.54, 1.807) is 4.68 Å². The minimum Gasteiger partial charge on any atom is -0.311 e. The van der Waals surface area contributed by atoms with Gasteiger partial charge in [0.2, 0.25) is 5.91 Å². The third-order valence-corrected chi connectivity index (χ3v) is 5.04. The summed E-state index contributed by atoms with van der Waals surface area (Å²) < 4.78 is 3.64. The Labute approximate surface area is 156 Å². The minimum atomic E-state index is -0.0671. The summed E-state index contributed by atoms with van der Waals surface area (Å²) in [6, 6.07) is 7.73. The molecule has 0 saturated heterocycles. The molecule has 1 atom stereocenters. The van der Waals surface area contributed by atoms with E-state index in [4.69, 9.17) is 11.6 Å². The van der Waals surface area contributed by atoms with Crippen LogP contribution in [0, 0.1) is 6.92 Å². The Morgan fingerprint density at radius 3 is 2.81 bits per heavy atom. The molecule has 0 bridgehead atoms. The molecule has 3 heterocycles. The van der Waals surface area contributed by atoms with E-state index in [2.05, 4.69) is 29.4 Å². The molecule has 26 heavy (non-hydrogen) atoms. The molecule has 1 aromatic carbocycles. The molecule has 4 rings (SSSR count). The van der Waals surface area contributed by atoms with Crippen molar-refractivity contribution >= 4 is 23.3 Å². The lowest BCUT2D eigenvalue weighted by molar-refractivity contribution is -0.116. The highest BCUT2D eigenvalue weighted by molar-refractivity contribution is 6.32. The lowest BCUT2D eigenvalue weighted by atomic mass is 9.87. The van der Waals surface area contributed by atoms with Gasteiger partial charge in [0.15, 0.2) is 0 Å². The monoisotopic (exact) mass is 369 g/mol. The summed E-state index contributed by atoms with van der Waals surface area (Å²) in [6.07, 6.45) is 4.13. The number of amides is 1. The zero-order valence-electron chi connectivity index (χ0n) is 14.9. The van der Waals surface area contributed by atoms with Crippen LogP contribution in [0.25, 0.3) is 5.69 Å². The Morgan fingerprint density at radius 2 is 2.08 bits per heavy atom. The van der Waals surface area contributed by atoms with Crippen molar-refractivity contribution in [2.75, 3.05) is 5.32 Å². The van der Waals surface area contributed by atoms with E-state index < -0.39 is 0 Å². The first-order valence-electron chi connectivity index (χ1n) is 8.64. The van der Waals surface area contributed by atoms with Gasteiger partial charge in [-0.15, -0.1) is 0 Å². The van der Waals surface area contributed by atoms with Crippen LogP contribution in [0.4, 0.5) is 5.82 Å². The number of nitrogens with zero attached hydrogens (tertiary/aromatic N) is 4. The summed E-state index contributed by atoms with van der Waals surface area (Å²) in [5.74, 6) is 0.724. The van der Waals surface area contributed by atoms with Crippen molar-refractivity contribution in [2.24, 2.45) is 0 Å². The number of benzene rings is 1. The van der Waals surface area contributed by atoms with Crippen LogP contribution in [0.5, 0.6) is 0 Å². The van der Waals surface area contributed by atoms with Gasteiger partial charge in [-0.3, -0.25) is 4.79 Å². The third kappa shape index (κ3) is 2.70. The lowest BCUT2D eigenvalue weighted by Crippen LogP contribution is -2.25. The van der Waals surface area contributed by atoms with Crippen molar-refractivity contribution in [2.45, 2.75) is 39.2 Å². The standard InChI is InChI=1S/C19H20ClN5O/c1-11(2)25-19-18(12(3)23-25)14(8-17(26)22-19)13-9-21-24(10-13)16-7-5-4-6-15(16)20/h4-7,9-11,14H,8H2,1-3H3,(H,22,26). The number of aromatic nitrogens is 4. The van der Waals surface area contributed by atoms with Crippen molar-refractivity contribution in [1.29, 1.82) is 0 Å². The maximum Gasteiger partial charge on any atom is 0.226 e. The molecule has 1 N–H and O–H groups in total. The number of carbonyl (C=O) groups excluding carboxylic acids is 1. The van der Waals surface area contributed by atoms with Gasteiger partial charge in [-0.1, -0.05) is 23.7 Å². The van der Waals surface area contributed by atoms with Crippen molar-refractivity contribution in [3.8, 4) is 5.69 Å². The summed E-state index contributed by atoms with van der Waals surface area (Å²) in [7, 11) is 0. The second-order valence-electron chi connectivity index (χ2n) is 6.86. The molecule has 7 heteroatoms. The van der Waals surface area contributed by atoms with Crippen molar-refractivity contribution in [3.05, 3.63) is 58.5 Å². The number of hydrogen-bond donors (Lipinski definition) is 1. The maximum atomic E-state index is 12.3. The number of aryl methyl sites for hydroxylation is 1. The van der Waals surface area contributed by atoms with Crippen LogP contribution in [-0.2, 0) is 4.79 Å². The van der Waals surface area contributed by atoms with E-state index in [1.807, 2.05) is 48.3 Å². The first-order chi connectivity index (χ1) is 12.5. The van der Waals surface area contributed by atoms with Crippen LogP contribution in [0.1, 0.15) is 49.0 Å². The van der Waals surface area contributed by atoms with E-state index in [1.165, 1.54) is 0 Å². The largest absolute Gasteiger partial charge is 0.311 e. The van der Waals surface area contributed by atoms with Gasteiger partial charge in [-0.25, -0.2) is 9.36 Å². The lowest BCUT2D eigenvalue weighted by Gasteiger charge is -2.24. The van der Waals surface area contributed by atoms with Gasteiger partial charge in [0, 0.05) is 30.1 Å². The predicted octanol–water partition coefficient (Wildman–Crippen LogP) is 4.09. The minimum absolute atomic E-state index is 0.00482. The Bertz CT molecular complexity index is 988. The Balaban J connectivity index is 1.79. The normalized spacial score (nSPS) is 16.7. The summed E-state index contributed by atoms with van der Waals surface area (Å²) >= 11 is 6.28. The first kappa shape index (κ1) is 16.8. The molecule has 3 aromatic rings. The molecule has 1 aliphatic heterocycles. The molecule has 1 unspecified atom stereocenters. The van der Waals surface area contributed by atoms with E-state index in [-0.39, 0.29) is 17.9 Å². The summed E-state index contributed by atoms with van der Waals surface area (Å²) in [5, 5.41) is 12.7. The SMILES string of the molecule is Cc1nn(C(C)C)c2c1C(c1cnn(-c3ccccc3Cl)c1)CC(=O)N2. The number of rotatable bonds is 3. The van der Waals surface area contributed by atoms with Crippen LogP contribution >= 0.6 is 11.6 Å². The Morgan fingerprint density at radius 1 is 1.31 bits per heavy atom. The van der Waals surface area contributed by atoms with Gasteiger partial charge in [0.25, 0.3) is 0 Å². The molecule has 1 aliphatic rings. The summed E-state index contributed by atoms with van der Waals surface area (Å²) in [4.78, 5) is 12.3. The van der Waals surface area contributed by atoms with Crippen LogP contribution in [-0.4, -0.2) is 25.5 Å². The smallest absolute Gasteiger partial charge is 0.226 e. The summed E-state index contributed by atoms with van der Waals surface area (Å²) in [5.41, 5.74) is 3.80. The molecule has 1 amide bonds. The molecule has 0 saturated carbocycles. The van der Waals surface area contributed by atoms with Gasteiger partial charge in [0.05, 0.1) is 22.6 Å². The zero-order valence-corrected chi connectivity index (χ0v) is 15.7. The average molecular weight is 370 g/mol. The van der Waals surface area contributed by atoms with Crippen LogP contribution in [0.15, 0.2) is 36.7 Å². The van der Waals surface area contributed by atoms with Gasteiger partial charge >= 0.3 is 0 Å². The topological polar surface area (TPSA) is 64.7 Å². The highest BCUT2D eigenvalue weighted by atomic mass is 35.5. The van der Waals surface area contributed by atoms with Crippen molar-refractivity contribution in [1.82, 2.24) is 19.6 Å². The number of para-hydroxylation sites is 1. The summed E-state index contributed by atoms with van der Waals surface area (Å²) in [6.45, 7) is 6.09. The molecular formula is C19H20ClN5O. The third-order valence-electron chi connectivity index (χ3n) is 4.72. The number of fused-ring (bicyclic) bond motifs is 1. The van der Waals surface area contributed by atoms with Gasteiger partial charge in [0.1, 0.15) is 5.82 Å². The molecule has 134 valence electrons.